The molecule has 0 spiro atoms. The van der Waals surface area contributed by atoms with Crippen molar-refractivity contribution in [2.24, 2.45) is 0 Å². The number of nitrogens with zero attached hydrogens (tertiary/aromatic N) is 2. The molecule has 5 rings (SSSR count). The summed E-state index contributed by atoms with van der Waals surface area (Å²) in [5, 5.41) is 15.8. The molecule has 1 atom stereocenters. The fraction of sp³-hybridized carbons (Fsp3) is 0.296. The Morgan fingerprint density at radius 2 is 1.86 bits per heavy atom. The number of β-amino-alcohol motifs (C(OH)–C–C–N with tert-alkyl or cyclic N) is 1. The van der Waals surface area contributed by atoms with Crippen LogP contribution in [0.15, 0.2) is 71.3 Å². The highest BCUT2D eigenvalue weighted by molar-refractivity contribution is 6.30. The number of halogens is 2. The number of fused-ring (bicyclic) bond motifs is 1. The van der Waals surface area contributed by atoms with E-state index in [1.807, 2.05) is 48.5 Å². The molecule has 0 unspecified atom stereocenters. The monoisotopic (exact) mass is 496 g/mol. The number of aliphatic hydroxyl groups excluding tert-OH is 1. The molecule has 0 bridgehead atoms. The summed E-state index contributed by atoms with van der Waals surface area (Å²) in [6.45, 7) is 2.45. The van der Waals surface area contributed by atoms with Gasteiger partial charge >= 0.3 is 0 Å². The van der Waals surface area contributed by atoms with Crippen LogP contribution in [0.4, 0.5) is 4.39 Å². The lowest BCUT2D eigenvalue weighted by Crippen LogP contribution is -2.43. The lowest BCUT2D eigenvalue weighted by molar-refractivity contribution is 0.0401. The largest absolute Gasteiger partial charge is 0.491 e. The molecule has 3 aromatic carbocycles. The number of hydrogen-bond acceptors (Lipinski definition) is 6. The standard InChI is InChI=1S/C27H26ClFN2O4/c28-19-2-1-3-24(14-19)34-23-10-12-31(13-11-23)16-21(32)17-33-22-7-4-18(5-8-22)27-25-9-6-20(29)15-26(25)30-35-27/h1-9,14-15,21,23,32H,10-13,16-17H2/t21-/m1/s1. The van der Waals surface area contributed by atoms with Gasteiger partial charge in [0.1, 0.15) is 41.6 Å². The van der Waals surface area contributed by atoms with Crippen molar-refractivity contribution >= 4 is 22.5 Å². The summed E-state index contributed by atoms with van der Waals surface area (Å²) < 4.78 is 30.6. The first-order valence-electron chi connectivity index (χ1n) is 11.6. The van der Waals surface area contributed by atoms with E-state index >= 15 is 0 Å². The van der Waals surface area contributed by atoms with E-state index in [-0.39, 0.29) is 18.5 Å². The Balaban J connectivity index is 1.08. The minimum atomic E-state index is -0.604. The Morgan fingerprint density at radius 1 is 1.06 bits per heavy atom. The van der Waals surface area contributed by atoms with Gasteiger partial charge < -0.3 is 24.0 Å². The van der Waals surface area contributed by atoms with Crippen molar-refractivity contribution in [3.63, 3.8) is 0 Å². The smallest absolute Gasteiger partial charge is 0.174 e. The van der Waals surface area contributed by atoms with Crippen LogP contribution in [-0.4, -0.2) is 53.6 Å². The predicted molar refractivity (Wildman–Crippen MR) is 132 cm³/mol. The topological polar surface area (TPSA) is 68.0 Å². The molecule has 1 N–H and O–H groups in total. The van der Waals surface area contributed by atoms with Crippen molar-refractivity contribution in [3.05, 3.63) is 77.6 Å². The first-order chi connectivity index (χ1) is 17.0. The molecule has 6 nitrogen and oxygen atoms in total. The highest BCUT2D eigenvalue weighted by atomic mass is 35.5. The zero-order chi connectivity index (χ0) is 24.2. The maximum absolute atomic E-state index is 13.4. The quantitative estimate of drug-likeness (QED) is 0.344. The third kappa shape index (κ3) is 5.93. The highest BCUT2D eigenvalue weighted by Gasteiger charge is 2.22. The Kier molecular flexibility index (Phi) is 7.18. The molecule has 0 radical (unpaired) electrons. The zero-order valence-corrected chi connectivity index (χ0v) is 19.8. The molecule has 182 valence electrons. The zero-order valence-electron chi connectivity index (χ0n) is 19.1. The van der Waals surface area contributed by atoms with Crippen molar-refractivity contribution in [2.75, 3.05) is 26.2 Å². The molecule has 1 fully saturated rings. The Morgan fingerprint density at radius 3 is 2.63 bits per heavy atom. The summed E-state index contributed by atoms with van der Waals surface area (Å²) in [6, 6.07) is 19.2. The Bertz CT molecular complexity index is 1270. The molecule has 1 saturated heterocycles. The second-order valence-electron chi connectivity index (χ2n) is 8.74. The number of benzene rings is 3. The second-order valence-corrected chi connectivity index (χ2v) is 9.17. The van der Waals surface area contributed by atoms with Gasteiger partial charge in [-0.2, -0.15) is 0 Å². The number of rotatable bonds is 8. The van der Waals surface area contributed by atoms with Crippen molar-refractivity contribution in [1.82, 2.24) is 10.1 Å². The van der Waals surface area contributed by atoms with Crippen LogP contribution in [0.25, 0.3) is 22.2 Å². The van der Waals surface area contributed by atoms with Crippen LogP contribution in [0, 0.1) is 5.82 Å². The van der Waals surface area contributed by atoms with Crippen LogP contribution in [-0.2, 0) is 0 Å². The molecule has 0 aliphatic carbocycles. The average molecular weight is 497 g/mol. The van der Waals surface area contributed by atoms with Gasteiger partial charge in [-0.15, -0.1) is 0 Å². The Hall–Kier alpha value is -3.13. The van der Waals surface area contributed by atoms with Crippen molar-refractivity contribution in [1.29, 1.82) is 0 Å². The number of ether oxygens (including phenoxy) is 2. The van der Waals surface area contributed by atoms with E-state index in [9.17, 15) is 9.50 Å². The van der Waals surface area contributed by atoms with Gasteiger partial charge in [0.15, 0.2) is 5.76 Å². The van der Waals surface area contributed by atoms with E-state index in [0.717, 1.165) is 42.6 Å². The summed E-state index contributed by atoms with van der Waals surface area (Å²) in [7, 11) is 0. The maximum atomic E-state index is 13.4. The van der Waals surface area contributed by atoms with Crippen LogP contribution in [0.3, 0.4) is 0 Å². The van der Waals surface area contributed by atoms with Gasteiger partial charge in [-0.05, 0) is 67.4 Å². The lowest BCUT2D eigenvalue weighted by atomic mass is 10.1. The summed E-state index contributed by atoms with van der Waals surface area (Å²) in [5.41, 5.74) is 1.29. The van der Waals surface area contributed by atoms with Crippen LogP contribution in [0.2, 0.25) is 5.02 Å². The number of likely N-dealkylation sites (tertiary alicyclic amines) is 1. The molecular weight excluding hydrogens is 471 g/mol. The van der Waals surface area contributed by atoms with E-state index in [1.54, 1.807) is 6.07 Å². The van der Waals surface area contributed by atoms with E-state index in [4.69, 9.17) is 25.6 Å². The third-order valence-electron chi connectivity index (χ3n) is 6.10. The molecule has 1 aliphatic heterocycles. The number of piperidine rings is 1. The molecule has 0 saturated carbocycles. The van der Waals surface area contributed by atoms with Gasteiger partial charge in [0.05, 0.1) is 0 Å². The molecule has 1 aromatic heterocycles. The van der Waals surface area contributed by atoms with Gasteiger partial charge in [-0.25, -0.2) is 4.39 Å². The third-order valence-corrected chi connectivity index (χ3v) is 6.34. The summed E-state index contributed by atoms with van der Waals surface area (Å²) in [4.78, 5) is 2.23. The highest BCUT2D eigenvalue weighted by Crippen LogP contribution is 2.30. The summed E-state index contributed by atoms with van der Waals surface area (Å²) >= 11 is 6.03. The fourth-order valence-electron chi connectivity index (χ4n) is 4.31. The van der Waals surface area contributed by atoms with Gasteiger partial charge in [-0.1, -0.05) is 22.8 Å². The summed E-state index contributed by atoms with van der Waals surface area (Å²) in [6.07, 6.45) is 1.33. The first kappa shape index (κ1) is 23.6. The molecule has 4 aromatic rings. The van der Waals surface area contributed by atoms with Gasteiger partial charge in [-0.3, -0.25) is 0 Å². The van der Waals surface area contributed by atoms with Crippen LogP contribution in [0.5, 0.6) is 11.5 Å². The molecule has 1 aliphatic rings. The van der Waals surface area contributed by atoms with Crippen LogP contribution in [0.1, 0.15) is 12.8 Å². The number of aromatic nitrogens is 1. The number of aliphatic hydroxyl groups is 1. The van der Waals surface area contributed by atoms with Crippen LogP contribution >= 0.6 is 11.6 Å². The summed E-state index contributed by atoms with van der Waals surface area (Å²) in [5.74, 6) is 1.67. The normalized spacial score (nSPS) is 15.9. The predicted octanol–water partition coefficient (Wildman–Crippen LogP) is 5.57. The van der Waals surface area contributed by atoms with Crippen molar-refractivity contribution in [3.8, 4) is 22.8 Å². The molecule has 8 heteroatoms. The molecular formula is C27H26ClFN2O4. The minimum absolute atomic E-state index is 0.150. The minimum Gasteiger partial charge on any atom is -0.491 e. The maximum Gasteiger partial charge on any atom is 0.174 e. The number of hydrogen-bond donors (Lipinski definition) is 1. The molecule has 35 heavy (non-hydrogen) atoms. The van der Waals surface area contributed by atoms with Gasteiger partial charge in [0, 0.05) is 41.7 Å². The SMILES string of the molecule is O[C@@H](COc1ccc(-c2onc3cc(F)ccc23)cc1)CN1CCC(Oc2cccc(Cl)c2)CC1. The van der Waals surface area contributed by atoms with E-state index in [2.05, 4.69) is 10.1 Å². The molecule has 2 heterocycles. The second kappa shape index (κ2) is 10.6. The van der Waals surface area contributed by atoms with E-state index < -0.39 is 6.10 Å². The van der Waals surface area contributed by atoms with Crippen LogP contribution < -0.4 is 9.47 Å². The van der Waals surface area contributed by atoms with Gasteiger partial charge in [0.25, 0.3) is 0 Å². The van der Waals surface area contributed by atoms with Gasteiger partial charge in [0.2, 0.25) is 0 Å². The molecule has 0 amide bonds. The lowest BCUT2D eigenvalue weighted by Gasteiger charge is -2.33. The Labute approximate surface area is 207 Å². The van der Waals surface area contributed by atoms with Crippen molar-refractivity contribution in [2.45, 2.75) is 25.0 Å². The van der Waals surface area contributed by atoms with E-state index in [1.165, 1.54) is 12.1 Å². The van der Waals surface area contributed by atoms with Crippen molar-refractivity contribution < 1.29 is 23.5 Å². The fourth-order valence-corrected chi connectivity index (χ4v) is 4.49. The average Bonchev–Trinajstić information content (AvgIpc) is 3.27. The van der Waals surface area contributed by atoms with E-state index in [0.29, 0.717) is 28.6 Å². The first-order valence-corrected chi connectivity index (χ1v) is 12.0.